The van der Waals surface area contributed by atoms with E-state index < -0.39 is 0 Å². The molecule has 0 saturated carbocycles. The highest BCUT2D eigenvalue weighted by Gasteiger charge is 1.99. The van der Waals surface area contributed by atoms with Gasteiger partial charge in [-0.2, -0.15) is 0 Å². The van der Waals surface area contributed by atoms with Crippen LogP contribution in [-0.2, 0) is 13.2 Å². The van der Waals surface area contributed by atoms with Gasteiger partial charge < -0.3 is 14.8 Å². The molecule has 0 atom stereocenters. The van der Waals surface area contributed by atoms with Gasteiger partial charge in [0.25, 0.3) is 0 Å². The lowest BCUT2D eigenvalue weighted by Gasteiger charge is -2.09. The molecule has 1 heterocycles. The summed E-state index contributed by atoms with van der Waals surface area (Å²) < 4.78 is 11.4. The maximum atomic E-state index is 5.99. The van der Waals surface area contributed by atoms with E-state index in [1.165, 1.54) is 5.56 Å². The molecule has 0 aliphatic heterocycles. The van der Waals surface area contributed by atoms with Crippen LogP contribution >= 0.6 is 11.6 Å². The molecule has 3 rings (SSSR count). The number of nitrogens with one attached hydrogen (secondary N) is 1. The minimum absolute atomic E-state index is 0.508. The number of benzene rings is 2. The van der Waals surface area contributed by atoms with Crippen LogP contribution in [0.2, 0.25) is 5.02 Å². The number of hydrogen-bond acceptors (Lipinski definition) is 4. The SMILES string of the molecule is Clc1cccc(COc2ccc(CNCCCOc3ccccn3)cc2)c1. The van der Waals surface area contributed by atoms with E-state index in [4.69, 9.17) is 21.1 Å². The Bertz CT molecular complexity index is 810. The summed E-state index contributed by atoms with van der Waals surface area (Å²) >= 11 is 5.99. The molecule has 0 unspecified atom stereocenters. The molecule has 0 spiro atoms. The predicted octanol–water partition coefficient (Wildman–Crippen LogP) is 4.87. The molecular formula is C22H23ClN2O2. The first kappa shape index (κ1) is 19.2. The van der Waals surface area contributed by atoms with E-state index in [-0.39, 0.29) is 0 Å². The highest BCUT2D eigenvalue weighted by atomic mass is 35.5. The highest BCUT2D eigenvalue weighted by molar-refractivity contribution is 6.30. The average Bonchev–Trinajstić information content (AvgIpc) is 2.71. The summed E-state index contributed by atoms with van der Waals surface area (Å²) in [6.07, 6.45) is 2.66. The van der Waals surface area contributed by atoms with E-state index in [9.17, 15) is 0 Å². The molecule has 2 aromatic carbocycles. The van der Waals surface area contributed by atoms with Crippen molar-refractivity contribution < 1.29 is 9.47 Å². The molecule has 0 radical (unpaired) electrons. The van der Waals surface area contributed by atoms with Crippen LogP contribution in [0.4, 0.5) is 0 Å². The Morgan fingerprint density at radius 1 is 0.889 bits per heavy atom. The van der Waals surface area contributed by atoms with E-state index in [1.54, 1.807) is 6.20 Å². The summed E-state index contributed by atoms with van der Waals surface area (Å²) in [4.78, 5) is 4.13. The zero-order valence-electron chi connectivity index (χ0n) is 15.1. The molecule has 5 heteroatoms. The average molecular weight is 383 g/mol. The lowest BCUT2D eigenvalue weighted by molar-refractivity contribution is 0.296. The summed E-state index contributed by atoms with van der Waals surface area (Å²) in [7, 11) is 0. The number of halogens is 1. The Balaban J connectivity index is 1.32. The van der Waals surface area contributed by atoms with Gasteiger partial charge in [0, 0.05) is 23.8 Å². The monoisotopic (exact) mass is 382 g/mol. The number of aromatic nitrogens is 1. The second-order valence-electron chi connectivity index (χ2n) is 6.11. The molecular weight excluding hydrogens is 360 g/mol. The lowest BCUT2D eigenvalue weighted by atomic mass is 10.2. The van der Waals surface area contributed by atoms with E-state index in [1.807, 2.05) is 54.6 Å². The van der Waals surface area contributed by atoms with Gasteiger partial charge in [-0.15, -0.1) is 0 Å². The van der Waals surface area contributed by atoms with Gasteiger partial charge in [-0.05, 0) is 54.4 Å². The molecule has 0 aliphatic carbocycles. The maximum absolute atomic E-state index is 5.99. The number of hydrogen-bond donors (Lipinski definition) is 1. The number of nitrogens with zero attached hydrogens (tertiary/aromatic N) is 1. The molecule has 27 heavy (non-hydrogen) atoms. The molecule has 0 bridgehead atoms. The molecule has 0 saturated heterocycles. The van der Waals surface area contributed by atoms with E-state index in [0.29, 0.717) is 19.1 Å². The molecule has 3 aromatic rings. The normalized spacial score (nSPS) is 10.6. The highest BCUT2D eigenvalue weighted by Crippen LogP contribution is 2.16. The predicted molar refractivity (Wildman–Crippen MR) is 108 cm³/mol. The molecule has 140 valence electrons. The molecule has 0 amide bonds. The third-order valence-corrected chi connectivity index (χ3v) is 4.17. The first-order valence-corrected chi connectivity index (χ1v) is 9.38. The number of pyridine rings is 1. The zero-order chi connectivity index (χ0) is 18.7. The molecule has 0 aliphatic rings. The zero-order valence-corrected chi connectivity index (χ0v) is 15.9. The van der Waals surface area contributed by atoms with Crippen molar-refractivity contribution >= 4 is 11.6 Å². The van der Waals surface area contributed by atoms with Crippen molar-refractivity contribution in [2.45, 2.75) is 19.6 Å². The fourth-order valence-corrected chi connectivity index (χ4v) is 2.75. The van der Waals surface area contributed by atoms with Gasteiger partial charge >= 0.3 is 0 Å². The van der Waals surface area contributed by atoms with Crippen molar-refractivity contribution in [2.75, 3.05) is 13.2 Å². The molecule has 0 fully saturated rings. The largest absolute Gasteiger partial charge is 0.489 e. The van der Waals surface area contributed by atoms with Crippen LogP contribution in [0.25, 0.3) is 0 Å². The molecule has 4 nitrogen and oxygen atoms in total. The van der Waals surface area contributed by atoms with E-state index in [2.05, 4.69) is 22.4 Å². The lowest BCUT2D eigenvalue weighted by Crippen LogP contribution is -2.17. The van der Waals surface area contributed by atoms with Crippen LogP contribution in [0.15, 0.2) is 72.9 Å². The first-order valence-electron chi connectivity index (χ1n) is 9.00. The second-order valence-corrected chi connectivity index (χ2v) is 6.55. The third-order valence-electron chi connectivity index (χ3n) is 3.93. The van der Waals surface area contributed by atoms with Crippen LogP contribution in [0.1, 0.15) is 17.5 Å². The van der Waals surface area contributed by atoms with Crippen LogP contribution in [0.5, 0.6) is 11.6 Å². The van der Waals surface area contributed by atoms with Crippen molar-refractivity contribution in [2.24, 2.45) is 0 Å². The van der Waals surface area contributed by atoms with Crippen LogP contribution in [0.3, 0.4) is 0 Å². The van der Waals surface area contributed by atoms with Crippen molar-refractivity contribution in [3.63, 3.8) is 0 Å². The fourth-order valence-electron chi connectivity index (χ4n) is 2.54. The van der Waals surface area contributed by atoms with E-state index >= 15 is 0 Å². The summed E-state index contributed by atoms with van der Waals surface area (Å²) in [5, 5.41) is 4.14. The Morgan fingerprint density at radius 2 is 1.78 bits per heavy atom. The molecule has 1 N–H and O–H groups in total. The Hall–Kier alpha value is -2.56. The summed E-state index contributed by atoms with van der Waals surface area (Å²) in [6, 6.07) is 21.5. The van der Waals surface area contributed by atoms with Crippen molar-refractivity contribution in [1.82, 2.24) is 10.3 Å². The Kier molecular flexibility index (Phi) is 7.51. The van der Waals surface area contributed by atoms with Crippen molar-refractivity contribution in [3.05, 3.63) is 89.1 Å². The van der Waals surface area contributed by atoms with Crippen LogP contribution in [0, 0.1) is 0 Å². The standard InChI is InChI=1S/C22H23ClN2O2/c23-20-6-3-5-19(15-20)17-27-21-10-8-18(9-11-21)16-24-12-4-14-26-22-7-1-2-13-25-22/h1-3,5-11,13,15,24H,4,12,14,16-17H2. The van der Waals surface area contributed by atoms with Gasteiger partial charge in [-0.25, -0.2) is 4.98 Å². The Labute approximate surface area is 165 Å². The number of rotatable bonds is 10. The first-order chi connectivity index (χ1) is 13.3. The van der Waals surface area contributed by atoms with Crippen molar-refractivity contribution in [3.8, 4) is 11.6 Å². The minimum Gasteiger partial charge on any atom is -0.489 e. The summed E-state index contributed by atoms with van der Waals surface area (Å²) in [5.74, 6) is 1.52. The topological polar surface area (TPSA) is 43.4 Å². The van der Waals surface area contributed by atoms with Gasteiger partial charge in [0.1, 0.15) is 12.4 Å². The minimum atomic E-state index is 0.508. The van der Waals surface area contributed by atoms with Crippen LogP contribution < -0.4 is 14.8 Å². The molecule has 1 aromatic heterocycles. The van der Waals surface area contributed by atoms with Gasteiger partial charge in [0.15, 0.2) is 0 Å². The van der Waals surface area contributed by atoms with E-state index in [0.717, 1.165) is 35.8 Å². The Morgan fingerprint density at radius 3 is 2.56 bits per heavy atom. The summed E-state index contributed by atoms with van der Waals surface area (Å²) in [5.41, 5.74) is 2.27. The number of ether oxygens (including phenoxy) is 2. The maximum Gasteiger partial charge on any atom is 0.213 e. The van der Waals surface area contributed by atoms with Gasteiger partial charge in [0.05, 0.1) is 6.61 Å². The quantitative estimate of drug-likeness (QED) is 0.508. The second kappa shape index (κ2) is 10.6. The van der Waals surface area contributed by atoms with Gasteiger partial charge in [-0.3, -0.25) is 0 Å². The van der Waals surface area contributed by atoms with Gasteiger partial charge in [-0.1, -0.05) is 41.9 Å². The summed E-state index contributed by atoms with van der Waals surface area (Å²) in [6.45, 7) is 2.87. The van der Waals surface area contributed by atoms with Crippen LogP contribution in [-0.4, -0.2) is 18.1 Å². The fraction of sp³-hybridized carbons (Fsp3) is 0.227. The van der Waals surface area contributed by atoms with Crippen molar-refractivity contribution in [1.29, 1.82) is 0 Å². The third kappa shape index (κ3) is 6.93. The smallest absolute Gasteiger partial charge is 0.213 e. The van der Waals surface area contributed by atoms with Gasteiger partial charge in [0.2, 0.25) is 5.88 Å².